The van der Waals surface area contributed by atoms with E-state index in [1.165, 1.54) is 6.92 Å². The van der Waals surface area contributed by atoms with Crippen molar-refractivity contribution in [2.24, 2.45) is 0 Å². The predicted octanol–water partition coefficient (Wildman–Crippen LogP) is 7.85. The summed E-state index contributed by atoms with van der Waals surface area (Å²) in [6.07, 6.45) is -9.86. The highest BCUT2D eigenvalue weighted by Gasteiger charge is 2.39. The number of carbonyl (C=O) groups excluding carboxylic acids is 1. The normalized spacial score (nSPS) is 19.2. The number of fused-ring (bicyclic) bond motifs is 4. The zero-order chi connectivity index (χ0) is 38.7. The maximum Gasteiger partial charge on any atom is 0.419 e. The molecule has 0 radical (unpaired) electrons. The highest BCUT2D eigenvalue weighted by atomic mass is 19.4. The van der Waals surface area contributed by atoms with Crippen LogP contribution in [0.1, 0.15) is 85.3 Å². The van der Waals surface area contributed by atoms with Gasteiger partial charge in [0.1, 0.15) is 23.4 Å². The average Bonchev–Trinajstić information content (AvgIpc) is 3.00. The van der Waals surface area contributed by atoms with Crippen LogP contribution in [-0.2, 0) is 28.4 Å². The Morgan fingerprint density at radius 1 is 0.962 bits per heavy atom. The number of aromatic nitrogens is 1. The van der Waals surface area contributed by atoms with Crippen LogP contribution >= 0.6 is 0 Å². The average molecular weight is 746 g/mol. The highest BCUT2D eigenvalue weighted by molar-refractivity contribution is 5.82. The Morgan fingerprint density at radius 2 is 1.62 bits per heavy atom. The molecule has 1 amide bonds. The maximum atomic E-state index is 15.9. The van der Waals surface area contributed by atoms with E-state index >= 15 is 4.39 Å². The zero-order valence-electron chi connectivity index (χ0n) is 28.9. The number of nitrogens with zero attached hydrogens (tertiary/aromatic N) is 2. The molecule has 3 aromatic rings. The molecular formula is C36H39F8N3O5. The van der Waals surface area contributed by atoms with Gasteiger partial charge in [0.05, 0.1) is 29.7 Å². The van der Waals surface area contributed by atoms with Crippen LogP contribution in [0.4, 0.5) is 35.1 Å². The van der Waals surface area contributed by atoms with Gasteiger partial charge in [-0.2, -0.15) is 26.3 Å². The molecule has 0 aliphatic carbocycles. The summed E-state index contributed by atoms with van der Waals surface area (Å²) in [7, 11) is 3.26. The van der Waals surface area contributed by atoms with Crippen molar-refractivity contribution >= 4 is 11.9 Å². The Labute approximate surface area is 294 Å². The van der Waals surface area contributed by atoms with E-state index in [9.17, 15) is 50.2 Å². The lowest BCUT2D eigenvalue weighted by molar-refractivity contribution is -0.140. The van der Waals surface area contributed by atoms with Gasteiger partial charge in [0, 0.05) is 36.0 Å². The third kappa shape index (κ3) is 9.69. The Kier molecular flexibility index (Phi) is 12.4. The number of rotatable bonds is 6. The number of benzene rings is 2. The number of ether oxygens (including phenoxy) is 1. The lowest BCUT2D eigenvalue weighted by Gasteiger charge is -2.27. The molecule has 2 N–H and O–H groups in total. The smallest absolute Gasteiger partial charge is 0.419 e. The van der Waals surface area contributed by atoms with Crippen LogP contribution in [0.25, 0.3) is 11.1 Å². The molecule has 284 valence electrons. The van der Waals surface area contributed by atoms with Crippen LogP contribution < -0.4 is 15.6 Å². The number of alkyl halides is 6. The summed E-state index contributed by atoms with van der Waals surface area (Å²) in [5.74, 6) is -5.51. The third-order valence-electron chi connectivity index (χ3n) is 8.88. The minimum absolute atomic E-state index is 0.0214. The van der Waals surface area contributed by atoms with E-state index in [1.54, 1.807) is 25.9 Å². The van der Waals surface area contributed by atoms with Crippen molar-refractivity contribution in [3.63, 3.8) is 0 Å². The second-order valence-corrected chi connectivity index (χ2v) is 13.3. The summed E-state index contributed by atoms with van der Waals surface area (Å²) < 4.78 is 122. The van der Waals surface area contributed by atoms with E-state index in [0.717, 1.165) is 29.0 Å². The predicted molar refractivity (Wildman–Crippen MR) is 175 cm³/mol. The highest BCUT2D eigenvalue weighted by Crippen LogP contribution is 2.42. The number of carboxylic acid groups (broad SMARTS) is 1. The van der Waals surface area contributed by atoms with Crippen LogP contribution in [0.5, 0.6) is 5.75 Å². The van der Waals surface area contributed by atoms with E-state index < -0.39 is 82.7 Å². The molecule has 4 rings (SSSR count). The Morgan fingerprint density at radius 3 is 2.23 bits per heavy atom. The second kappa shape index (κ2) is 16.0. The number of likely N-dealkylation sites (N-methyl/N-ethyl adjacent to an activating group) is 1. The fourth-order valence-electron chi connectivity index (χ4n) is 6.37. The quantitative estimate of drug-likeness (QED) is 0.250. The molecule has 1 unspecified atom stereocenters. The second-order valence-electron chi connectivity index (χ2n) is 13.3. The number of carbonyl (C=O) groups is 2. The van der Waals surface area contributed by atoms with Crippen LogP contribution in [-0.4, -0.2) is 53.2 Å². The molecule has 1 aliphatic rings. The van der Waals surface area contributed by atoms with Crippen molar-refractivity contribution in [1.29, 1.82) is 0 Å². The number of halogens is 8. The van der Waals surface area contributed by atoms with Gasteiger partial charge < -0.3 is 24.6 Å². The van der Waals surface area contributed by atoms with Crippen molar-refractivity contribution in [3.8, 4) is 16.9 Å². The van der Waals surface area contributed by atoms with Crippen molar-refractivity contribution in [3.05, 3.63) is 86.3 Å². The van der Waals surface area contributed by atoms with Crippen molar-refractivity contribution in [1.82, 2.24) is 14.8 Å². The molecule has 0 spiro atoms. The van der Waals surface area contributed by atoms with E-state index in [-0.39, 0.29) is 53.8 Å². The van der Waals surface area contributed by atoms with Gasteiger partial charge in [0.2, 0.25) is 5.91 Å². The first-order valence-corrected chi connectivity index (χ1v) is 16.5. The SMILES string of the molecule is Cc1cc(F)cc2c1-c1cc(c(F)c(C(F)(F)F)c1)[C@H](CC(=O)O)NC(=O)[C@@H](n1cc(CCN(C)C)c(C(F)(F)F)cc1=O)CCCCCC(C)O2. The number of aliphatic carboxylic acids is 1. The van der Waals surface area contributed by atoms with Gasteiger partial charge in [-0.05, 0) is 88.5 Å². The van der Waals surface area contributed by atoms with E-state index in [4.69, 9.17) is 4.74 Å². The Hall–Kier alpha value is -4.47. The Balaban J connectivity index is 1.96. The van der Waals surface area contributed by atoms with Crippen LogP contribution in [0.15, 0.2) is 41.3 Å². The van der Waals surface area contributed by atoms with Gasteiger partial charge >= 0.3 is 18.3 Å². The molecule has 2 heterocycles. The number of pyridine rings is 1. The number of carboxylic acids is 1. The van der Waals surface area contributed by atoms with Crippen LogP contribution in [0, 0.1) is 18.6 Å². The molecule has 16 heteroatoms. The molecule has 0 saturated carbocycles. The first kappa shape index (κ1) is 40.3. The van der Waals surface area contributed by atoms with Gasteiger partial charge in [0.25, 0.3) is 5.56 Å². The van der Waals surface area contributed by atoms with Crippen molar-refractivity contribution in [2.75, 3.05) is 20.6 Å². The van der Waals surface area contributed by atoms with Gasteiger partial charge in [-0.1, -0.05) is 12.8 Å². The molecule has 3 atom stereocenters. The molecule has 0 fully saturated rings. The maximum absolute atomic E-state index is 15.9. The first-order chi connectivity index (χ1) is 24.2. The summed E-state index contributed by atoms with van der Waals surface area (Å²) >= 11 is 0. The fourth-order valence-corrected chi connectivity index (χ4v) is 6.37. The number of aryl methyl sites for hydroxylation is 1. The van der Waals surface area contributed by atoms with Crippen molar-refractivity contribution < 1.29 is 54.6 Å². The molecule has 1 aromatic heterocycles. The summed E-state index contributed by atoms with van der Waals surface area (Å²) in [4.78, 5) is 40.9. The number of amides is 1. The summed E-state index contributed by atoms with van der Waals surface area (Å²) in [5, 5.41) is 12.0. The Bertz CT molecular complexity index is 1860. The number of hydrogen-bond donors (Lipinski definition) is 2. The number of hydrogen-bond acceptors (Lipinski definition) is 5. The standard InChI is InChI=1S/C36H39F8N3O5/c1-19-12-23(37)15-29-32(19)22-13-24(33(38)26(14-22)36(42,43)44)27(17-31(49)50)45-34(51)28(9-7-5-6-8-20(2)52-29)47-18-21(10-11-46(3)4)25(16-30(47)48)35(39,40)41/h12-16,18,20,27-28H,5-11,17H2,1-4H3,(H,45,51)(H,49,50)/t20?,27-,28-/m0/s1. The molecule has 0 saturated heterocycles. The lowest BCUT2D eigenvalue weighted by Crippen LogP contribution is -2.40. The fraction of sp³-hybridized carbons (Fsp3) is 0.472. The van der Waals surface area contributed by atoms with Gasteiger partial charge in [0.15, 0.2) is 0 Å². The minimum Gasteiger partial charge on any atom is -0.490 e. The van der Waals surface area contributed by atoms with Gasteiger partial charge in [-0.3, -0.25) is 14.4 Å². The van der Waals surface area contributed by atoms with E-state index in [1.807, 2.05) is 0 Å². The molecular weight excluding hydrogens is 706 g/mol. The summed E-state index contributed by atoms with van der Waals surface area (Å²) in [6, 6.07) is 0.283. The summed E-state index contributed by atoms with van der Waals surface area (Å²) in [5.41, 5.74) is -5.56. The van der Waals surface area contributed by atoms with E-state index in [2.05, 4.69) is 5.32 Å². The first-order valence-electron chi connectivity index (χ1n) is 16.5. The molecule has 1 aliphatic heterocycles. The van der Waals surface area contributed by atoms with Gasteiger partial charge in [-0.25, -0.2) is 8.78 Å². The molecule has 2 bridgehead atoms. The zero-order valence-corrected chi connectivity index (χ0v) is 28.9. The van der Waals surface area contributed by atoms with Crippen LogP contribution in [0.3, 0.4) is 0 Å². The van der Waals surface area contributed by atoms with Gasteiger partial charge in [-0.15, -0.1) is 0 Å². The lowest BCUT2D eigenvalue weighted by atomic mass is 9.91. The van der Waals surface area contributed by atoms with Crippen LogP contribution in [0.2, 0.25) is 0 Å². The minimum atomic E-state index is -5.31. The van der Waals surface area contributed by atoms with E-state index in [0.29, 0.717) is 31.4 Å². The molecule has 8 nitrogen and oxygen atoms in total. The largest absolute Gasteiger partial charge is 0.490 e. The topological polar surface area (TPSA) is 101 Å². The third-order valence-corrected chi connectivity index (χ3v) is 8.88. The monoisotopic (exact) mass is 745 g/mol. The summed E-state index contributed by atoms with van der Waals surface area (Å²) in [6.45, 7) is 3.20. The molecule has 52 heavy (non-hydrogen) atoms. The molecule has 2 aromatic carbocycles. The number of nitrogens with one attached hydrogen (secondary N) is 1. The van der Waals surface area contributed by atoms with Crippen molar-refractivity contribution in [2.45, 2.75) is 89.3 Å².